The van der Waals surface area contributed by atoms with Crippen LogP contribution in [0.15, 0.2) is 29.5 Å². The zero-order valence-electron chi connectivity index (χ0n) is 11.1. The lowest BCUT2D eigenvalue weighted by Crippen LogP contribution is -2.17. The summed E-state index contributed by atoms with van der Waals surface area (Å²) in [6.45, 7) is 2.43. The van der Waals surface area contributed by atoms with E-state index in [2.05, 4.69) is 0 Å². The Balaban J connectivity index is 2.79. The molecule has 0 aliphatic heterocycles. The third-order valence-corrected chi connectivity index (χ3v) is 2.58. The minimum atomic E-state index is -0.841. The summed E-state index contributed by atoms with van der Waals surface area (Å²) in [5.74, 6) is -1.73. The van der Waals surface area contributed by atoms with E-state index in [1.54, 1.807) is 25.1 Å². The van der Waals surface area contributed by atoms with Crippen molar-refractivity contribution in [3.8, 4) is 11.8 Å². The number of nitrogens with zero attached hydrogens (tertiary/aromatic N) is 1. The molecule has 6 heteroatoms. The lowest BCUT2D eigenvalue weighted by atomic mass is 10.1. The van der Waals surface area contributed by atoms with Gasteiger partial charge >= 0.3 is 5.97 Å². The van der Waals surface area contributed by atoms with Gasteiger partial charge in [-0.25, -0.2) is 4.79 Å². The van der Waals surface area contributed by atoms with Gasteiger partial charge < -0.3 is 15.6 Å². The van der Waals surface area contributed by atoms with Gasteiger partial charge in [0.15, 0.2) is 6.61 Å². The number of esters is 1. The predicted molar refractivity (Wildman–Crippen MR) is 70.6 cm³/mol. The van der Waals surface area contributed by atoms with Crippen molar-refractivity contribution in [1.82, 2.24) is 0 Å². The number of Topliss-reactive ketones (excluding diaryl/α,β-unsaturated/α-hetero) is 1. The molecule has 0 atom stereocenters. The van der Waals surface area contributed by atoms with Crippen LogP contribution in [0.5, 0.6) is 5.75 Å². The Morgan fingerprint density at radius 1 is 1.45 bits per heavy atom. The van der Waals surface area contributed by atoms with Crippen molar-refractivity contribution in [2.75, 3.05) is 6.61 Å². The number of nitrogens with two attached hydrogens (primary N) is 1. The summed E-state index contributed by atoms with van der Waals surface area (Å²) in [6, 6.07) is 6.24. The molecule has 104 valence electrons. The molecule has 0 aliphatic rings. The Morgan fingerprint density at radius 3 is 2.65 bits per heavy atom. The second-order valence-electron chi connectivity index (χ2n) is 4.14. The van der Waals surface area contributed by atoms with E-state index in [1.165, 1.54) is 13.0 Å². The number of phenolic OH excluding ortho intramolecular Hbond substituents is 1. The molecule has 1 rings (SSSR count). The Labute approximate surface area is 116 Å². The number of benzene rings is 1. The number of para-hydroxylation sites is 1. The number of ether oxygens (including phenoxy) is 1. The molecule has 1 aromatic carbocycles. The number of hydrogen-bond donors (Lipinski definition) is 2. The van der Waals surface area contributed by atoms with Crippen molar-refractivity contribution in [1.29, 1.82) is 5.26 Å². The zero-order chi connectivity index (χ0) is 15.3. The monoisotopic (exact) mass is 274 g/mol. The summed E-state index contributed by atoms with van der Waals surface area (Å²) in [6.07, 6.45) is 0. The molecule has 0 heterocycles. The highest BCUT2D eigenvalue weighted by atomic mass is 16.5. The maximum absolute atomic E-state index is 11.7. The first-order chi connectivity index (χ1) is 9.38. The van der Waals surface area contributed by atoms with E-state index in [9.17, 15) is 14.7 Å². The molecule has 6 nitrogen and oxygen atoms in total. The number of aromatic hydroxyl groups is 1. The van der Waals surface area contributed by atoms with Crippen LogP contribution in [0, 0.1) is 18.3 Å². The first-order valence-electron chi connectivity index (χ1n) is 5.73. The van der Waals surface area contributed by atoms with Gasteiger partial charge in [0, 0.05) is 5.70 Å². The van der Waals surface area contributed by atoms with Crippen molar-refractivity contribution in [2.24, 2.45) is 5.73 Å². The van der Waals surface area contributed by atoms with Crippen LogP contribution in [0.3, 0.4) is 0 Å². The average Bonchev–Trinajstić information content (AvgIpc) is 2.39. The second-order valence-corrected chi connectivity index (χ2v) is 4.14. The summed E-state index contributed by atoms with van der Waals surface area (Å²) in [5, 5.41) is 18.4. The van der Waals surface area contributed by atoms with Crippen molar-refractivity contribution < 1.29 is 19.4 Å². The summed E-state index contributed by atoms with van der Waals surface area (Å²) in [4.78, 5) is 23.3. The highest BCUT2D eigenvalue weighted by molar-refractivity contribution is 6.02. The minimum absolute atomic E-state index is 0.0373. The number of nitriles is 1. The van der Waals surface area contributed by atoms with Crippen LogP contribution in [0.1, 0.15) is 22.8 Å². The molecule has 0 radical (unpaired) electrons. The fraction of sp³-hybridized carbons (Fsp3) is 0.214. The van der Waals surface area contributed by atoms with Crippen LogP contribution in [-0.4, -0.2) is 23.5 Å². The van der Waals surface area contributed by atoms with Gasteiger partial charge in [-0.15, -0.1) is 0 Å². The van der Waals surface area contributed by atoms with Crippen LogP contribution in [0.2, 0.25) is 0 Å². The van der Waals surface area contributed by atoms with E-state index in [0.717, 1.165) is 0 Å². The van der Waals surface area contributed by atoms with Gasteiger partial charge in [-0.3, -0.25) is 4.79 Å². The molecular formula is C14H14N2O4. The summed E-state index contributed by atoms with van der Waals surface area (Å²) >= 11 is 0. The summed E-state index contributed by atoms with van der Waals surface area (Å²) < 4.78 is 4.77. The molecule has 3 N–H and O–H groups in total. The fourth-order valence-corrected chi connectivity index (χ4v) is 1.48. The Kier molecular flexibility index (Phi) is 4.87. The van der Waals surface area contributed by atoms with Crippen molar-refractivity contribution in [3.63, 3.8) is 0 Å². The molecule has 0 saturated heterocycles. The SMILES string of the molecule is C/C(N)=C(/C#N)C(=O)COC(=O)c1cccc(C)c1O. The van der Waals surface area contributed by atoms with E-state index in [-0.39, 0.29) is 22.6 Å². The first-order valence-corrected chi connectivity index (χ1v) is 5.73. The molecule has 0 spiro atoms. The fourth-order valence-electron chi connectivity index (χ4n) is 1.48. The van der Waals surface area contributed by atoms with Crippen molar-refractivity contribution >= 4 is 11.8 Å². The number of phenols is 1. The molecule has 1 aromatic rings. The molecule has 20 heavy (non-hydrogen) atoms. The number of rotatable bonds is 4. The van der Waals surface area contributed by atoms with Gasteiger partial charge in [0.25, 0.3) is 0 Å². The minimum Gasteiger partial charge on any atom is -0.507 e. The molecule has 0 saturated carbocycles. The normalized spacial score (nSPS) is 11.2. The molecule has 0 bridgehead atoms. The maximum Gasteiger partial charge on any atom is 0.342 e. The second kappa shape index (κ2) is 6.38. The van der Waals surface area contributed by atoms with Crippen LogP contribution in [0.4, 0.5) is 0 Å². The number of hydrogen-bond acceptors (Lipinski definition) is 6. The van der Waals surface area contributed by atoms with Crippen LogP contribution < -0.4 is 5.73 Å². The van der Waals surface area contributed by atoms with E-state index in [1.807, 2.05) is 0 Å². The third-order valence-electron chi connectivity index (χ3n) is 2.58. The van der Waals surface area contributed by atoms with Crippen LogP contribution in [0.25, 0.3) is 0 Å². The lowest BCUT2D eigenvalue weighted by Gasteiger charge is -2.07. The van der Waals surface area contributed by atoms with Crippen molar-refractivity contribution in [3.05, 3.63) is 40.6 Å². The van der Waals surface area contributed by atoms with Crippen LogP contribution in [-0.2, 0) is 9.53 Å². The van der Waals surface area contributed by atoms with Gasteiger partial charge in [0.1, 0.15) is 23.0 Å². The number of carbonyl (C=O) groups is 2. The number of aryl methyl sites for hydroxylation is 1. The lowest BCUT2D eigenvalue weighted by molar-refractivity contribution is -0.118. The van der Waals surface area contributed by atoms with E-state index >= 15 is 0 Å². The van der Waals surface area contributed by atoms with Crippen LogP contribution >= 0.6 is 0 Å². The summed E-state index contributed by atoms with van der Waals surface area (Å²) in [5.41, 5.74) is 5.66. The molecule has 0 amide bonds. The zero-order valence-corrected chi connectivity index (χ0v) is 11.1. The number of allylic oxidation sites excluding steroid dienone is 1. The highest BCUT2D eigenvalue weighted by Gasteiger charge is 2.18. The quantitative estimate of drug-likeness (QED) is 0.484. The van der Waals surface area contributed by atoms with Crippen molar-refractivity contribution in [2.45, 2.75) is 13.8 Å². The molecule has 0 unspecified atom stereocenters. The first kappa shape index (κ1) is 15.2. The van der Waals surface area contributed by atoms with Gasteiger partial charge in [-0.2, -0.15) is 5.26 Å². The number of ketones is 1. The Hall–Kier alpha value is -2.81. The average molecular weight is 274 g/mol. The Morgan fingerprint density at radius 2 is 2.10 bits per heavy atom. The molecule has 0 fully saturated rings. The topological polar surface area (TPSA) is 113 Å². The summed E-state index contributed by atoms with van der Waals surface area (Å²) in [7, 11) is 0. The maximum atomic E-state index is 11.7. The molecular weight excluding hydrogens is 260 g/mol. The van der Waals surface area contributed by atoms with Gasteiger partial charge in [0.05, 0.1) is 0 Å². The van der Waals surface area contributed by atoms with E-state index in [4.69, 9.17) is 15.7 Å². The molecule has 0 aliphatic carbocycles. The van der Waals surface area contributed by atoms with E-state index in [0.29, 0.717) is 5.56 Å². The highest BCUT2D eigenvalue weighted by Crippen LogP contribution is 2.22. The van der Waals surface area contributed by atoms with E-state index < -0.39 is 18.4 Å². The van der Waals surface area contributed by atoms with Gasteiger partial charge in [-0.05, 0) is 25.5 Å². The standard InChI is InChI=1S/C14H14N2O4/c1-8-4-3-5-10(13(8)18)14(19)20-7-12(17)11(6-15)9(2)16/h3-5,18H,7,16H2,1-2H3/b11-9+. The largest absolute Gasteiger partial charge is 0.507 e. The smallest absolute Gasteiger partial charge is 0.342 e. The molecule has 0 aromatic heterocycles. The van der Waals surface area contributed by atoms with Gasteiger partial charge in [0.2, 0.25) is 5.78 Å². The third kappa shape index (κ3) is 3.36. The number of carbonyl (C=O) groups excluding carboxylic acids is 2. The van der Waals surface area contributed by atoms with Gasteiger partial charge in [-0.1, -0.05) is 12.1 Å². The predicted octanol–water partition coefficient (Wildman–Crippen LogP) is 1.18. The Bertz CT molecular complexity index is 623.